The Bertz CT molecular complexity index is 581. The molecule has 0 aliphatic rings. The second-order valence-corrected chi connectivity index (χ2v) is 4.41. The number of hydrogen-bond acceptors (Lipinski definition) is 2. The Morgan fingerprint density at radius 3 is 2.58 bits per heavy atom. The monoisotopic (exact) mass is 290 g/mol. The Hall–Kier alpha value is -1.53. The summed E-state index contributed by atoms with van der Waals surface area (Å²) in [6.07, 6.45) is -1.66. The number of aromatic nitrogens is 2. The smallest absolute Gasteiger partial charge is 0.392 e. The molecule has 0 amide bonds. The lowest BCUT2D eigenvalue weighted by Gasteiger charge is -2.05. The molecule has 102 valence electrons. The Morgan fingerprint density at radius 2 is 2.00 bits per heavy atom. The average molecular weight is 291 g/mol. The number of aliphatic hydroxyl groups excluding tert-OH is 1. The molecule has 0 fully saturated rings. The maximum absolute atomic E-state index is 12.2. The van der Waals surface area contributed by atoms with E-state index in [2.05, 4.69) is 5.10 Å². The molecule has 0 saturated carbocycles. The summed E-state index contributed by atoms with van der Waals surface area (Å²) in [6, 6.07) is 4.88. The molecule has 0 saturated heterocycles. The van der Waals surface area contributed by atoms with Crippen molar-refractivity contribution >= 4 is 11.6 Å². The molecule has 3 nitrogen and oxygen atoms in total. The summed E-state index contributed by atoms with van der Waals surface area (Å²) in [7, 11) is 0. The Labute approximate surface area is 112 Å². The van der Waals surface area contributed by atoms with Crippen LogP contribution in [0, 0.1) is 0 Å². The van der Waals surface area contributed by atoms with E-state index in [-0.39, 0.29) is 6.61 Å². The van der Waals surface area contributed by atoms with Crippen molar-refractivity contribution in [3.8, 4) is 11.1 Å². The molecule has 0 aliphatic carbocycles. The minimum atomic E-state index is -4.30. The van der Waals surface area contributed by atoms with Crippen molar-refractivity contribution in [3.63, 3.8) is 0 Å². The molecule has 0 radical (unpaired) electrons. The molecule has 19 heavy (non-hydrogen) atoms. The fourth-order valence-electron chi connectivity index (χ4n) is 1.64. The zero-order valence-corrected chi connectivity index (χ0v) is 10.4. The van der Waals surface area contributed by atoms with E-state index in [1.807, 2.05) is 0 Å². The lowest BCUT2D eigenvalue weighted by Crippen LogP contribution is -2.17. The van der Waals surface area contributed by atoms with E-state index in [1.54, 1.807) is 18.2 Å². The van der Waals surface area contributed by atoms with Gasteiger partial charge in [0, 0.05) is 16.8 Å². The van der Waals surface area contributed by atoms with Gasteiger partial charge in [0.25, 0.3) is 0 Å². The zero-order valence-electron chi connectivity index (χ0n) is 9.65. The molecule has 2 rings (SSSR count). The van der Waals surface area contributed by atoms with Crippen LogP contribution in [-0.4, -0.2) is 21.1 Å². The second kappa shape index (κ2) is 5.22. The Kier molecular flexibility index (Phi) is 3.82. The van der Waals surface area contributed by atoms with Gasteiger partial charge in [-0.3, -0.25) is 4.68 Å². The highest BCUT2D eigenvalue weighted by molar-refractivity contribution is 6.31. The van der Waals surface area contributed by atoms with E-state index in [1.165, 1.54) is 12.4 Å². The van der Waals surface area contributed by atoms with Gasteiger partial charge in [-0.2, -0.15) is 18.3 Å². The lowest BCUT2D eigenvalue weighted by molar-refractivity contribution is -0.142. The van der Waals surface area contributed by atoms with Gasteiger partial charge in [-0.25, -0.2) is 0 Å². The number of alkyl halides is 3. The summed E-state index contributed by atoms with van der Waals surface area (Å²) in [5.41, 5.74) is 1.75. The number of halogens is 4. The standard InChI is InChI=1S/C12H10ClF3N2O/c13-11-3-8(1-2-9(11)6-19)10-4-17-18(5-10)7-12(14,15)16/h1-5,19H,6-7H2. The van der Waals surface area contributed by atoms with Crippen LogP contribution in [0.3, 0.4) is 0 Å². The number of rotatable bonds is 3. The molecule has 0 aliphatic heterocycles. The Morgan fingerprint density at radius 1 is 1.26 bits per heavy atom. The third-order valence-corrected chi connectivity index (χ3v) is 2.88. The quantitative estimate of drug-likeness (QED) is 0.942. The van der Waals surface area contributed by atoms with Crippen molar-refractivity contribution in [3.05, 3.63) is 41.2 Å². The maximum Gasteiger partial charge on any atom is 0.408 e. The molecule has 1 heterocycles. The normalized spacial score (nSPS) is 11.8. The van der Waals surface area contributed by atoms with Gasteiger partial charge in [-0.05, 0) is 17.2 Å². The van der Waals surface area contributed by atoms with Crippen molar-refractivity contribution < 1.29 is 18.3 Å². The average Bonchev–Trinajstić information content (AvgIpc) is 2.75. The molecule has 0 bridgehead atoms. The first kappa shape index (κ1) is 13.9. The van der Waals surface area contributed by atoms with Gasteiger partial charge in [0.2, 0.25) is 0 Å². The van der Waals surface area contributed by atoms with Crippen LogP contribution in [0.4, 0.5) is 13.2 Å². The second-order valence-electron chi connectivity index (χ2n) is 4.01. The van der Waals surface area contributed by atoms with Crippen LogP contribution < -0.4 is 0 Å². The molecule has 0 spiro atoms. The van der Waals surface area contributed by atoms with Crippen LogP contribution in [-0.2, 0) is 13.2 Å². The van der Waals surface area contributed by atoms with Crippen LogP contribution in [0.15, 0.2) is 30.6 Å². The van der Waals surface area contributed by atoms with Gasteiger partial charge in [-0.15, -0.1) is 0 Å². The highest BCUT2D eigenvalue weighted by atomic mass is 35.5. The van der Waals surface area contributed by atoms with Crippen molar-refractivity contribution in [2.24, 2.45) is 0 Å². The van der Waals surface area contributed by atoms with E-state index in [4.69, 9.17) is 16.7 Å². The summed E-state index contributed by atoms with van der Waals surface area (Å²) in [4.78, 5) is 0. The fraction of sp³-hybridized carbons (Fsp3) is 0.250. The van der Waals surface area contributed by atoms with Crippen molar-refractivity contribution in [2.75, 3.05) is 0 Å². The number of nitrogens with zero attached hydrogens (tertiary/aromatic N) is 2. The van der Waals surface area contributed by atoms with E-state index in [0.29, 0.717) is 21.7 Å². The van der Waals surface area contributed by atoms with Gasteiger partial charge in [0.15, 0.2) is 0 Å². The van der Waals surface area contributed by atoms with Gasteiger partial charge in [0.1, 0.15) is 6.54 Å². The first-order valence-electron chi connectivity index (χ1n) is 5.38. The maximum atomic E-state index is 12.2. The molecule has 1 N–H and O–H groups in total. The number of hydrogen-bond donors (Lipinski definition) is 1. The fourth-order valence-corrected chi connectivity index (χ4v) is 1.88. The van der Waals surface area contributed by atoms with Crippen LogP contribution in [0.1, 0.15) is 5.56 Å². The lowest BCUT2D eigenvalue weighted by atomic mass is 10.1. The van der Waals surface area contributed by atoms with Crippen LogP contribution in [0.2, 0.25) is 5.02 Å². The van der Waals surface area contributed by atoms with E-state index < -0.39 is 12.7 Å². The van der Waals surface area contributed by atoms with Crippen molar-refractivity contribution in [1.82, 2.24) is 9.78 Å². The first-order valence-corrected chi connectivity index (χ1v) is 5.76. The minimum Gasteiger partial charge on any atom is -0.392 e. The molecule has 2 aromatic rings. The third kappa shape index (κ3) is 3.48. The van der Waals surface area contributed by atoms with Crippen LogP contribution in [0.25, 0.3) is 11.1 Å². The summed E-state index contributed by atoms with van der Waals surface area (Å²) in [5.74, 6) is 0. The topological polar surface area (TPSA) is 38.1 Å². The highest BCUT2D eigenvalue weighted by Crippen LogP contribution is 2.26. The van der Waals surface area contributed by atoms with Gasteiger partial charge < -0.3 is 5.11 Å². The van der Waals surface area contributed by atoms with Crippen LogP contribution in [0.5, 0.6) is 0 Å². The first-order chi connectivity index (χ1) is 8.89. The largest absolute Gasteiger partial charge is 0.408 e. The number of benzene rings is 1. The Balaban J connectivity index is 2.25. The minimum absolute atomic E-state index is 0.188. The summed E-state index contributed by atoms with van der Waals surface area (Å²) in [5, 5.41) is 13.0. The van der Waals surface area contributed by atoms with Crippen LogP contribution >= 0.6 is 11.6 Å². The molecule has 1 aromatic carbocycles. The SMILES string of the molecule is OCc1ccc(-c2cnn(CC(F)(F)F)c2)cc1Cl. The number of aliphatic hydroxyl groups is 1. The molecule has 1 aromatic heterocycles. The summed E-state index contributed by atoms with van der Waals surface area (Å²) in [6.45, 7) is -1.32. The van der Waals surface area contributed by atoms with Crippen molar-refractivity contribution in [1.29, 1.82) is 0 Å². The molecular formula is C12H10ClF3N2O. The van der Waals surface area contributed by atoms with E-state index in [0.717, 1.165) is 4.68 Å². The van der Waals surface area contributed by atoms with Gasteiger partial charge in [0.05, 0.1) is 12.8 Å². The van der Waals surface area contributed by atoms with Gasteiger partial charge >= 0.3 is 6.18 Å². The molecular weight excluding hydrogens is 281 g/mol. The van der Waals surface area contributed by atoms with Gasteiger partial charge in [-0.1, -0.05) is 23.7 Å². The summed E-state index contributed by atoms with van der Waals surface area (Å²) < 4.78 is 37.4. The molecule has 0 unspecified atom stereocenters. The highest BCUT2D eigenvalue weighted by Gasteiger charge is 2.28. The van der Waals surface area contributed by atoms with E-state index in [9.17, 15) is 13.2 Å². The molecule has 7 heteroatoms. The summed E-state index contributed by atoms with van der Waals surface area (Å²) >= 11 is 5.93. The third-order valence-electron chi connectivity index (χ3n) is 2.53. The zero-order chi connectivity index (χ0) is 14.0. The predicted octanol–water partition coefficient (Wildman–Crippen LogP) is 3.26. The van der Waals surface area contributed by atoms with E-state index >= 15 is 0 Å². The van der Waals surface area contributed by atoms with Crippen molar-refractivity contribution in [2.45, 2.75) is 19.3 Å². The predicted molar refractivity (Wildman–Crippen MR) is 64.7 cm³/mol. The molecule has 0 atom stereocenters.